The van der Waals surface area contributed by atoms with E-state index in [4.69, 9.17) is 9.84 Å². The van der Waals surface area contributed by atoms with E-state index in [1.165, 1.54) is 0 Å². The normalized spacial score (nSPS) is 10.5. The van der Waals surface area contributed by atoms with Crippen molar-refractivity contribution in [3.05, 3.63) is 29.3 Å². The number of aryl methyl sites for hydroxylation is 1. The van der Waals surface area contributed by atoms with Gasteiger partial charge in [0.15, 0.2) is 0 Å². The smallest absolute Gasteiger partial charge is 0.335 e. The first-order valence-electron chi connectivity index (χ1n) is 5.61. The van der Waals surface area contributed by atoms with Gasteiger partial charge in [-0.15, -0.1) is 11.8 Å². The van der Waals surface area contributed by atoms with Gasteiger partial charge in [-0.1, -0.05) is 6.07 Å². The number of carbonyl (C=O) groups is 1. The van der Waals surface area contributed by atoms with Crippen LogP contribution in [0.25, 0.3) is 0 Å². The number of carboxylic acids is 1. The second kappa shape index (κ2) is 7.35. The molecule has 0 amide bonds. The number of methoxy groups -OCH3 is 1. The molecule has 0 aliphatic carbocycles. The number of benzene rings is 1. The second-order valence-corrected chi connectivity index (χ2v) is 5.00. The Morgan fingerprint density at radius 3 is 2.82 bits per heavy atom. The van der Waals surface area contributed by atoms with E-state index in [9.17, 15) is 4.79 Å². The lowest BCUT2D eigenvalue weighted by molar-refractivity contribution is 0.0696. The van der Waals surface area contributed by atoms with Crippen LogP contribution in [0.1, 0.15) is 28.8 Å². The average molecular weight is 254 g/mol. The topological polar surface area (TPSA) is 46.5 Å². The summed E-state index contributed by atoms with van der Waals surface area (Å²) in [6, 6.07) is 5.59. The van der Waals surface area contributed by atoms with E-state index < -0.39 is 5.97 Å². The molecule has 0 atom stereocenters. The summed E-state index contributed by atoms with van der Waals surface area (Å²) >= 11 is 1.69. The first-order valence-corrected chi connectivity index (χ1v) is 6.59. The summed E-state index contributed by atoms with van der Waals surface area (Å²) in [6.07, 6.45) is 2.12. The molecule has 1 N–H and O–H groups in total. The van der Waals surface area contributed by atoms with Crippen molar-refractivity contribution in [3.8, 4) is 0 Å². The molecule has 0 saturated heterocycles. The van der Waals surface area contributed by atoms with Gasteiger partial charge in [-0.05, 0) is 43.2 Å². The summed E-state index contributed by atoms with van der Waals surface area (Å²) in [5.41, 5.74) is 1.20. The average Bonchev–Trinajstić information content (AvgIpc) is 2.30. The zero-order valence-corrected chi connectivity index (χ0v) is 11.0. The minimum atomic E-state index is -0.857. The fraction of sp³-hybridized carbons (Fsp3) is 0.462. The highest BCUT2D eigenvalue weighted by atomic mass is 32.2. The monoisotopic (exact) mass is 254 g/mol. The number of unbranched alkanes of at least 4 members (excludes halogenated alkanes) is 1. The third-order valence-electron chi connectivity index (χ3n) is 2.45. The van der Waals surface area contributed by atoms with E-state index in [0.717, 1.165) is 35.7 Å². The van der Waals surface area contributed by atoms with Crippen molar-refractivity contribution < 1.29 is 14.6 Å². The van der Waals surface area contributed by atoms with Gasteiger partial charge in [-0.3, -0.25) is 0 Å². The van der Waals surface area contributed by atoms with Crippen LogP contribution in [0.2, 0.25) is 0 Å². The molecule has 0 bridgehead atoms. The predicted molar refractivity (Wildman–Crippen MR) is 70.0 cm³/mol. The summed E-state index contributed by atoms with van der Waals surface area (Å²) in [4.78, 5) is 12.0. The molecule has 0 fully saturated rings. The van der Waals surface area contributed by atoms with E-state index in [1.54, 1.807) is 24.9 Å². The first kappa shape index (κ1) is 14.1. The number of thioether (sulfide) groups is 1. The van der Waals surface area contributed by atoms with E-state index in [0.29, 0.717) is 5.56 Å². The number of ether oxygens (including phenoxy) is 1. The molecule has 3 nitrogen and oxygen atoms in total. The van der Waals surface area contributed by atoms with Gasteiger partial charge in [0.25, 0.3) is 0 Å². The molecule has 17 heavy (non-hydrogen) atoms. The van der Waals surface area contributed by atoms with Crippen molar-refractivity contribution in [2.75, 3.05) is 19.5 Å². The molecular formula is C13H18O3S. The highest BCUT2D eigenvalue weighted by Gasteiger charge is 2.07. The third-order valence-corrected chi connectivity index (χ3v) is 3.53. The number of hydrogen-bond acceptors (Lipinski definition) is 3. The molecule has 94 valence electrons. The largest absolute Gasteiger partial charge is 0.478 e. The standard InChI is InChI=1S/C13H18O3S/c1-10-5-6-11(9-12(10)13(14)15)17-8-4-3-7-16-2/h5-6,9H,3-4,7-8H2,1-2H3,(H,14,15). The SMILES string of the molecule is COCCCCSc1ccc(C)c(C(=O)O)c1. The van der Waals surface area contributed by atoms with Crippen molar-refractivity contribution in [1.29, 1.82) is 0 Å². The Hall–Kier alpha value is -1.00. The van der Waals surface area contributed by atoms with Gasteiger partial charge in [0, 0.05) is 18.6 Å². The zero-order valence-electron chi connectivity index (χ0n) is 10.2. The van der Waals surface area contributed by atoms with E-state index in [1.807, 2.05) is 19.1 Å². The van der Waals surface area contributed by atoms with Crippen molar-refractivity contribution in [1.82, 2.24) is 0 Å². The molecule has 0 aromatic heterocycles. The molecule has 0 radical (unpaired) electrons. The number of aromatic carboxylic acids is 1. The van der Waals surface area contributed by atoms with Crippen LogP contribution in [-0.4, -0.2) is 30.5 Å². The summed E-state index contributed by atoms with van der Waals surface area (Å²) in [5, 5.41) is 9.01. The Morgan fingerprint density at radius 1 is 1.41 bits per heavy atom. The number of carboxylic acid groups (broad SMARTS) is 1. The lowest BCUT2D eigenvalue weighted by Crippen LogP contribution is -1.99. The summed E-state index contributed by atoms with van der Waals surface area (Å²) in [5.74, 6) is 0.134. The number of rotatable bonds is 7. The van der Waals surface area contributed by atoms with Crippen LogP contribution in [-0.2, 0) is 4.74 Å². The molecule has 0 aliphatic heterocycles. The molecule has 0 spiro atoms. The summed E-state index contributed by atoms with van der Waals surface area (Å²) < 4.78 is 4.97. The Kier molecular flexibility index (Phi) is 6.08. The van der Waals surface area contributed by atoms with Crippen LogP contribution in [0, 0.1) is 6.92 Å². The van der Waals surface area contributed by atoms with Crippen LogP contribution < -0.4 is 0 Å². The predicted octanol–water partition coefficient (Wildman–Crippen LogP) is 3.21. The lowest BCUT2D eigenvalue weighted by atomic mass is 10.1. The van der Waals surface area contributed by atoms with Gasteiger partial charge in [0.2, 0.25) is 0 Å². The van der Waals surface area contributed by atoms with Gasteiger partial charge in [0.1, 0.15) is 0 Å². The van der Waals surface area contributed by atoms with Gasteiger partial charge in [-0.25, -0.2) is 4.79 Å². The van der Waals surface area contributed by atoms with Crippen LogP contribution >= 0.6 is 11.8 Å². The molecule has 0 heterocycles. The molecule has 0 aliphatic rings. The Balaban J connectivity index is 2.49. The Labute approximate surface area is 106 Å². The van der Waals surface area contributed by atoms with Crippen molar-refractivity contribution in [3.63, 3.8) is 0 Å². The van der Waals surface area contributed by atoms with E-state index in [-0.39, 0.29) is 0 Å². The van der Waals surface area contributed by atoms with Crippen LogP contribution in [0.3, 0.4) is 0 Å². The van der Waals surface area contributed by atoms with Gasteiger partial charge >= 0.3 is 5.97 Å². The molecule has 0 saturated carbocycles. The summed E-state index contributed by atoms with van der Waals surface area (Å²) in [7, 11) is 1.70. The van der Waals surface area contributed by atoms with Gasteiger partial charge in [0.05, 0.1) is 5.56 Å². The quantitative estimate of drug-likeness (QED) is 0.599. The van der Waals surface area contributed by atoms with Crippen LogP contribution in [0.5, 0.6) is 0 Å². The molecular weight excluding hydrogens is 236 g/mol. The molecule has 1 aromatic rings. The maximum atomic E-state index is 11.0. The van der Waals surface area contributed by atoms with Crippen molar-refractivity contribution in [2.45, 2.75) is 24.7 Å². The molecule has 4 heteroatoms. The molecule has 1 aromatic carbocycles. The maximum Gasteiger partial charge on any atom is 0.335 e. The third kappa shape index (κ3) is 4.79. The lowest BCUT2D eigenvalue weighted by Gasteiger charge is -2.05. The minimum Gasteiger partial charge on any atom is -0.478 e. The Bertz CT molecular complexity index is 377. The van der Waals surface area contributed by atoms with Crippen LogP contribution in [0.15, 0.2) is 23.1 Å². The highest BCUT2D eigenvalue weighted by Crippen LogP contribution is 2.22. The van der Waals surface area contributed by atoms with Crippen molar-refractivity contribution in [2.24, 2.45) is 0 Å². The fourth-order valence-corrected chi connectivity index (χ4v) is 2.41. The summed E-state index contributed by atoms with van der Waals surface area (Å²) in [6.45, 7) is 2.60. The zero-order chi connectivity index (χ0) is 12.7. The fourth-order valence-electron chi connectivity index (χ4n) is 1.46. The van der Waals surface area contributed by atoms with E-state index in [2.05, 4.69) is 0 Å². The van der Waals surface area contributed by atoms with E-state index >= 15 is 0 Å². The molecule has 1 rings (SSSR count). The minimum absolute atomic E-state index is 0.395. The second-order valence-electron chi connectivity index (χ2n) is 3.83. The Morgan fingerprint density at radius 2 is 2.18 bits per heavy atom. The first-order chi connectivity index (χ1) is 8.15. The number of hydrogen-bond donors (Lipinski definition) is 1. The van der Waals surface area contributed by atoms with Crippen molar-refractivity contribution >= 4 is 17.7 Å². The van der Waals surface area contributed by atoms with Gasteiger partial charge in [-0.2, -0.15) is 0 Å². The van der Waals surface area contributed by atoms with Crippen LogP contribution in [0.4, 0.5) is 0 Å². The van der Waals surface area contributed by atoms with Gasteiger partial charge < -0.3 is 9.84 Å². The molecule has 0 unspecified atom stereocenters. The highest BCUT2D eigenvalue weighted by molar-refractivity contribution is 7.99. The maximum absolute atomic E-state index is 11.0.